The fraction of sp³-hybridized carbons (Fsp3) is 0.238. The number of nitrogens with two attached hydrogens (primary N) is 2. The van der Waals surface area contributed by atoms with E-state index in [1.807, 2.05) is 6.07 Å². The zero-order valence-electron chi connectivity index (χ0n) is 17.0. The molecule has 0 aromatic heterocycles. The third-order valence-electron chi connectivity index (χ3n) is 4.56. The van der Waals surface area contributed by atoms with Gasteiger partial charge >= 0.3 is 0 Å². The molecule has 32 heavy (non-hydrogen) atoms. The molecule has 168 valence electrons. The van der Waals surface area contributed by atoms with E-state index in [0.717, 1.165) is 11.1 Å². The number of hydroxylamine groups is 1. The lowest BCUT2D eigenvalue weighted by Gasteiger charge is -2.19. The van der Waals surface area contributed by atoms with Crippen LogP contribution in [0.1, 0.15) is 23.2 Å². The van der Waals surface area contributed by atoms with E-state index >= 15 is 0 Å². The molecule has 0 saturated carbocycles. The van der Waals surface area contributed by atoms with Crippen LogP contribution in [-0.2, 0) is 9.59 Å². The monoisotopic (exact) mass is 440 g/mol. The zero-order chi connectivity index (χ0) is 23.7. The minimum Gasteiger partial charge on any atom is -0.376 e. The van der Waals surface area contributed by atoms with Crippen molar-refractivity contribution in [3.05, 3.63) is 54.1 Å². The number of nitrogens with zero attached hydrogens (tertiary/aromatic N) is 1. The molecule has 11 heteroatoms. The van der Waals surface area contributed by atoms with Gasteiger partial charge in [-0.15, -0.1) is 0 Å². The summed E-state index contributed by atoms with van der Waals surface area (Å²) in [4.78, 5) is 35.8. The summed E-state index contributed by atoms with van der Waals surface area (Å²) >= 11 is 0. The van der Waals surface area contributed by atoms with Gasteiger partial charge in [0.2, 0.25) is 5.91 Å². The Balaban J connectivity index is 2.03. The van der Waals surface area contributed by atoms with Gasteiger partial charge in [0, 0.05) is 17.7 Å². The first-order chi connectivity index (χ1) is 15.3. The lowest BCUT2D eigenvalue weighted by molar-refractivity contribution is -0.133. The molecule has 0 heterocycles. The van der Waals surface area contributed by atoms with Crippen molar-refractivity contribution >= 4 is 23.4 Å². The van der Waals surface area contributed by atoms with E-state index < -0.39 is 30.1 Å². The average Bonchev–Trinajstić information content (AvgIpc) is 2.80. The molecule has 0 saturated heterocycles. The first kappa shape index (κ1) is 24.4. The highest BCUT2D eigenvalue weighted by Gasteiger charge is 2.26. The van der Waals surface area contributed by atoms with Crippen LogP contribution in [0.3, 0.4) is 0 Å². The normalized spacial score (nSPS) is 13.2. The van der Waals surface area contributed by atoms with Gasteiger partial charge in [-0.05, 0) is 41.8 Å². The predicted octanol–water partition coefficient (Wildman–Crippen LogP) is -0.196. The third-order valence-corrected chi connectivity index (χ3v) is 4.56. The molecule has 11 nitrogen and oxygen atoms in total. The minimum atomic E-state index is -1.70. The molecule has 0 aliphatic carbocycles. The molecule has 3 amide bonds. The minimum absolute atomic E-state index is 0.198. The van der Waals surface area contributed by atoms with E-state index in [9.17, 15) is 19.5 Å². The number of carbonyl (C=O) groups excluding carboxylic acids is 3. The van der Waals surface area contributed by atoms with E-state index in [-0.39, 0.29) is 24.3 Å². The summed E-state index contributed by atoms with van der Waals surface area (Å²) in [6, 6.07) is 13.0. The fourth-order valence-corrected chi connectivity index (χ4v) is 2.75. The van der Waals surface area contributed by atoms with Gasteiger partial charge in [-0.25, -0.2) is 5.48 Å². The smallest absolute Gasteiger partial charge is 0.270 e. The van der Waals surface area contributed by atoms with Gasteiger partial charge in [0.1, 0.15) is 12.3 Å². The van der Waals surface area contributed by atoms with Gasteiger partial charge in [-0.2, -0.15) is 5.26 Å². The summed E-state index contributed by atoms with van der Waals surface area (Å²) in [6.07, 6.45) is -1.23. The molecule has 2 aromatic carbocycles. The van der Waals surface area contributed by atoms with E-state index in [4.69, 9.17) is 21.9 Å². The van der Waals surface area contributed by atoms with Crippen molar-refractivity contribution in [2.75, 3.05) is 5.32 Å². The van der Waals surface area contributed by atoms with Gasteiger partial charge in [-0.1, -0.05) is 24.3 Å². The van der Waals surface area contributed by atoms with Crippen LogP contribution in [0, 0.1) is 11.3 Å². The molecule has 2 aromatic rings. The number of aliphatic hydroxyl groups excluding tert-OH is 1. The summed E-state index contributed by atoms with van der Waals surface area (Å²) in [6.45, 7) is 0. The van der Waals surface area contributed by atoms with E-state index in [2.05, 4.69) is 10.6 Å². The average molecular weight is 440 g/mol. The van der Waals surface area contributed by atoms with Crippen LogP contribution in [0.4, 0.5) is 5.69 Å². The van der Waals surface area contributed by atoms with Crippen molar-refractivity contribution < 1.29 is 24.7 Å². The number of nitrogens with one attached hydrogen (secondary N) is 3. The number of hydrogen-bond donors (Lipinski definition) is 7. The van der Waals surface area contributed by atoms with E-state index in [1.165, 1.54) is 17.6 Å². The summed E-state index contributed by atoms with van der Waals surface area (Å²) in [5.74, 6) is -2.09. The molecule has 3 atom stereocenters. The van der Waals surface area contributed by atoms with E-state index in [0.29, 0.717) is 5.69 Å². The van der Waals surface area contributed by atoms with Gasteiger partial charge in [-0.3, -0.25) is 19.6 Å². The number of hydrogen-bond acceptors (Lipinski definition) is 8. The Morgan fingerprint density at radius 2 is 1.53 bits per heavy atom. The number of anilines is 1. The summed E-state index contributed by atoms with van der Waals surface area (Å²) in [5, 5.41) is 31.6. The molecule has 0 bridgehead atoms. The van der Waals surface area contributed by atoms with Crippen molar-refractivity contribution in [2.24, 2.45) is 11.5 Å². The molecule has 0 unspecified atom stereocenters. The van der Waals surface area contributed by atoms with Gasteiger partial charge in [0.05, 0.1) is 12.1 Å². The predicted molar refractivity (Wildman–Crippen MR) is 115 cm³/mol. The quantitative estimate of drug-likeness (QED) is 0.158. The lowest BCUT2D eigenvalue weighted by atomic mass is 10.0. The van der Waals surface area contributed by atoms with Gasteiger partial charge < -0.3 is 27.2 Å². The standard InChI is InChI=1S/C21H24N6O5/c22-11-1-2-16(23)20(30)25-15-9-7-13(8-10-15)12-3-5-14(6-4-12)19(29)26-17(18(24)28)21(31)27-32/h3-10,16-18,28,32H,1-2,23-24H2,(H,25,30)(H,26,29)(H,27,31)/t16-,17-,18-/m0/s1. The van der Waals surface area contributed by atoms with Crippen LogP contribution in [-0.4, -0.2) is 46.3 Å². The maximum atomic E-state index is 12.3. The Hall–Kier alpha value is -3.82. The van der Waals surface area contributed by atoms with Crippen molar-refractivity contribution in [1.82, 2.24) is 10.8 Å². The molecule has 2 rings (SSSR count). The lowest BCUT2D eigenvalue weighted by Crippen LogP contribution is -2.55. The summed E-state index contributed by atoms with van der Waals surface area (Å²) < 4.78 is 0. The molecule has 0 aliphatic heterocycles. The summed E-state index contributed by atoms with van der Waals surface area (Å²) in [7, 11) is 0. The Bertz CT molecular complexity index is 985. The number of benzene rings is 2. The second-order valence-corrected chi connectivity index (χ2v) is 6.87. The van der Waals surface area contributed by atoms with Crippen LogP contribution < -0.4 is 27.6 Å². The second kappa shape index (κ2) is 11.5. The van der Waals surface area contributed by atoms with Crippen LogP contribution >= 0.6 is 0 Å². The fourth-order valence-electron chi connectivity index (χ4n) is 2.75. The number of rotatable bonds is 9. The number of carbonyl (C=O) groups is 3. The molecule has 0 fully saturated rings. The molecule has 0 spiro atoms. The highest BCUT2D eigenvalue weighted by Crippen LogP contribution is 2.22. The third kappa shape index (κ3) is 6.59. The Morgan fingerprint density at radius 3 is 2.03 bits per heavy atom. The number of aliphatic hydroxyl groups is 1. The van der Waals surface area contributed by atoms with Crippen molar-refractivity contribution in [2.45, 2.75) is 31.2 Å². The van der Waals surface area contributed by atoms with Gasteiger partial charge in [0.25, 0.3) is 11.8 Å². The molecular formula is C21H24N6O5. The highest BCUT2D eigenvalue weighted by atomic mass is 16.5. The first-order valence-corrected chi connectivity index (χ1v) is 9.59. The van der Waals surface area contributed by atoms with Crippen LogP contribution in [0.5, 0.6) is 0 Å². The summed E-state index contributed by atoms with van der Waals surface area (Å²) in [5.41, 5.74) is 14.7. The van der Waals surface area contributed by atoms with Crippen molar-refractivity contribution in [3.8, 4) is 17.2 Å². The Kier molecular flexibility index (Phi) is 8.82. The van der Waals surface area contributed by atoms with Crippen molar-refractivity contribution in [1.29, 1.82) is 5.26 Å². The molecule has 0 aliphatic rings. The Labute approximate surface area is 184 Å². The number of amides is 3. The number of nitriles is 1. The zero-order valence-corrected chi connectivity index (χ0v) is 17.0. The van der Waals surface area contributed by atoms with Crippen LogP contribution in [0.15, 0.2) is 48.5 Å². The maximum absolute atomic E-state index is 12.3. The molecule has 9 N–H and O–H groups in total. The SMILES string of the molecule is N#CCC[C@H](N)C(=O)Nc1ccc(-c2ccc(C(=O)N[C@H](C(=O)NO)[C@@H](N)O)cc2)cc1. The first-order valence-electron chi connectivity index (χ1n) is 9.59. The topological polar surface area (TPSA) is 204 Å². The maximum Gasteiger partial charge on any atom is 0.270 e. The largest absolute Gasteiger partial charge is 0.376 e. The van der Waals surface area contributed by atoms with E-state index in [1.54, 1.807) is 36.4 Å². The Morgan fingerprint density at radius 1 is 0.969 bits per heavy atom. The molecular weight excluding hydrogens is 416 g/mol. The van der Waals surface area contributed by atoms with Crippen LogP contribution in [0.25, 0.3) is 11.1 Å². The van der Waals surface area contributed by atoms with Crippen molar-refractivity contribution in [3.63, 3.8) is 0 Å². The van der Waals surface area contributed by atoms with Gasteiger partial charge in [0.15, 0.2) is 0 Å². The molecule has 0 radical (unpaired) electrons. The second-order valence-electron chi connectivity index (χ2n) is 6.87. The highest BCUT2D eigenvalue weighted by molar-refractivity contribution is 5.98. The van der Waals surface area contributed by atoms with Crippen LogP contribution in [0.2, 0.25) is 0 Å².